The van der Waals surface area contributed by atoms with E-state index in [9.17, 15) is 9.59 Å². The Kier molecular flexibility index (Phi) is 7.37. The van der Waals surface area contributed by atoms with Gasteiger partial charge in [-0.3, -0.25) is 9.69 Å². The second-order valence-corrected chi connectivity index (χ2v) is 7.48. The first-order valence-corrected chi connectivity index (χ1v) is 10.4. The quantitative estimate of drug-likeness (QED) is 0.642. The number of hydrogen-bond donors (Lipinski definition) is 3. The number of benzene rings is 2. The summed E-state index contributed by atoms with van der Waals surface area (Å²) in [6.07, 6.45) is 2.47. The summed E-state index contributed by atoms with van der Waals surface area (Å²) in [5.74, 6) is 0.966. The van der Waals surface area contributed by atoms with E-state index in [1.165, 1.54) is 0 Å². The highest BCUT2D eigenvalue weighted by Crippen LogP contribution is 2.39. The number of hydrogen-bond acceptors (Lipinski definition) is 5. The average molecular weight is 440 g/mol. The summed E-state index contributed by atoms with van der Waals surface area (Å²) in [5, 5.41) is 14.3. The van der Waals surface area contributed by atoms with Crippen LogP contribution in [0.25, 0.3) is 5.57 Å². The van der Waals surface area contributed by atoms with Crippen LogP contribution in [0.5, 0.6) is 11.5 Å². The lowest BCUT2D eigenvalue weighted by Gasteiger charge is -2.24. The first-order chi connectivity index (χ1) is 15.4. The molecule has 0 fully saturated rings. The molecule has 8 heteroatoms. The van der Waals surface area contributed by atoms with Crippen molar-refractivity contribution in [1.82, 2.24) is 15.5 Å². The first-order valence-electron chi connectivity index (χ1n) is 10.4. The lowest BCUT2D eigenvalue weighted by molar-refractivity contribution is 0.0944. The molecule has 3 N–H and O–H groups in total. The van der Waals surface area contributed by atoms with Crippen molar-refractivity contribution in [1.29, 1.82) is 0 Å². The molecule has 32 heavy (non-hydrogen) atoms. The first kappa shape index (κ1) is 23.1. The van der Waals surface area contributed by atoms with Crippen LogP contribution in [0.15, 0.2) is 42.6 Å². The van der Waals surface area contributed by atoms with Crippen LogP contribution in [0.3, 0.4) is 0 Å². The normalized spacial score (nSPS) is 15.2. The van der Waals surface area contributed by atoms with Gasteiger partial charge < -0.3 is 25.2 Å². The predicted molar refractivity (Wildman–Crippen MR) is 122 cm³/mol. The molecular weight excluding hydrogens is 410 g/mol. The van der Waals surface area contributed by atoms with Crippen LogP contribution in [0.2, 0.25) is 0 Å². The lowest BCUT2D eigenvalue weighted by atomic mass is 9.92. The number of methoxy groups -OCH3 is 2. The maximum atomic E-state index is 12.6. The van der Waals surface area contributed by atoms with E-state index < -0.39 is 0 Å². The largest absolute Gasteiger partial charge is 0.493 e. The van der Waals surface area contributed by atoms with Gasteiger partial charge in [-0.25, -0.2) is 4.79 Å². The smallest absolute Gasteiger partial charge is 0.321 e. The molecule has 0 saturated carbocycles. The number of ether oxygens (including phenoxy) is 2. The van der Waals surface area contributed by atoms with Gasteiger partial charge in [0.1, 0.15) is 0 Å². The van der Waals surface area contributed by atoms with Gasteiger partial charge in [0, 0.05) is 37.0 Å². The molecule has 0 spiro atoms. The molecule has 0 bridgehead atoms. The summed E-state index contributed by atoms with van der Waals surface area (Å²) in [7, 11) is 4.79. The van der Waals surface area contributed by atoms with E-state index in [4.69, 9.17) is 14.6 Å². The lowest BCUT2D eigenvalue weighted by Crippen LogP contribution is -2.40. The van der Waals surface area contributed by atoms with E-state index in [2.05, 4.69) is 10.6 Å². The molecule has 3 amide bonds. The second kappa shape index (κ2) is 10.2. The number of rotatable bonds is 6. The van der Waals surface area contributed by atoms with Gasteiger partial charge in [0.15, 0.2) is 11.5 Å². The van der Waals surface area contributed by atoms with Gasteiger partial charge in [0.2, 0.25) is 0 Å². The summed E-state index contributed by atoms with van der Waals surface area (Å²) in [6, 6.07) is 10.7. The molecule has 0 saturated heterocycles. The Morgan fingerprint density at radius 2 is 1.78 bits per heavy atom. The van der Waals surface area contributed by atoms with Gasteiger partial charge >= 0.3 is 6.03 Å². The van der Waals surface area contributed by atoms with Crippen molar-refractivity contribution < 1.29 is 24.2 Å². The minimum atomic E-state index is -0.257. The molecule has 0 radical (unpaired) electrons. The number of fused-ring (bicyclic) bond motifs is 1. The van der Waals surface area contributed by atoms with E-state index in [-0.39, 0.29) is 31.1 Å². The van der Waals surface area contributed by atoms with Gasteiger partial charge in [-0.2, -0.15) is 0 Å². The van der Waals surface area contributed by atoms with E-state index in [0.717, 1.165) is 22.3 Å². The molecule has 2 aromatic rings. The van der Waals surface area contributed by atoms with E-state index in [0.29, 0.717) is 23.5 Å². The standard InChI is InChI=1S/C24H29N3O5/c1-15-11-18-12-21(31-3)22(32-4)13-19(18)20(14-27(15)24(30)25-2)16-5-7-17(8-6-16)23(29)26-9-10-28/h5-8,12-15,28H,9-11H2,1-4H3,(H,25,30)(H,26,29). The molecule has 1 aliphatic rings. The third-order valence-corrected chi connectivity index (χ3v) is 5.46. The van der Waals surface area contributed by atoms with Crippen LogP contribution in [0, 0.1) is 0 Å². The van der Waals surface area contributed by atoms with Gasteiger partial charge in [-0.05, 0) is 54.3 Å². The fourth-order valence-corrected chi connectivity index (χ4v) is 3.78. The zero-order chi connectivity index (χ0) is 23.3. The number of nitrogens with one attached hydrogen (secondary N) is 2. The predicted octanol–water partition coefficient (Wildman–Crippen LogP) is 2.40. The van der Waals surface area contributed by atoms with Crippen molar-refractivity contribution in [3.63, 3.8) is 0 Å². The van der Waals surface area contributed by atoms with Gasteiger partial charge in [-0.15, -0.1) is 0 Å². The third kappa shape index (κ3) is 4.70. The number of amides is 3. The number of urea groups is 1. The Bertz CT molecular complexity index is 1020. The van der Waals surface area contributed by atoms with Crippen LogP contribution < -0.4 is 20.1 Å². The van der Waals surface area contributed by atoms with E-state index in [1.54, 1.807) is 38.3 Å². The third-order valence-electron chi connectivity index (χ3n) is 5.46. The monoisotopic (exact) mass is 439 g/mol. The Labute approximate surface area is 187 Å². The highest BCUT2D eigenvalue weighted by Gasteiger charge is 2.27. The molecule has 1 atom stereocenters. The molecule has 1 heterocycles. The van der Waals surface area contributed by atoms with Gasteiger partial charge in [0.05, 0.1) is 20.8 Å². The Balaban J connectivity index is 2.12. The van der Waals surface area contributed by atoms with Crippen molar-refractivity contribution in [2.75, 3.05) is 34.4 Å². The Morgan fingerprint density at radius 1 is 1.12 bits per heavy atom. The van der Waals surface area contributed by atoms with Crippen LogP contribution in [-0.4, -0.2) is 62.4 Å². The molecule has 1 aliphatic heterocycles. The number of nitrogens with zero attached hydrogens (tertiary/aromatic N) is 1. The summed E-state index contributed by atoms with van der Waals surface area (Å²) in [6.45, 7) is 2.07. The molecular formula is C24H29N3O5. The fourth-order valence-electron chi connectivity index (χ4n) is 3.78. The summed E-state index contributed by atoms with van der Waals surface area (Å²) in [5.41, 5.74) is 4.12. The zero-order valence-corrected chi connectivity index (χ0v) is 18.8. The van der Waals surface area contributed by atoms with Crippen LogP contribution >= 0.6 is 0 Å². The second-order valence-electron chi connectivity index (χ2n) is 7.48. The number of carbonyl (C=O) groups is 2. The van der Waals surface area contributed by atoms with Crippen molar-refractivity contribution in [2.24, 2.45) is 0 Å². The van der Waals surface area contributed by atoms with Crippen LogP contribution in [0.1, 0.15) is 34.0 Å². The number of aliphatic hydroxyl groups excluding tert-OH is 1. The Morgan fingerprint density at radius 3 is 2.38 bits per heavy atom. The zero-order valence-electron chi connectivity index (χ0n) is 18.8. The molecule has 0 aliphatic carbocycles. The van der Waals surface area contributed by atoms with E-state index >= 15 is 0 Å². The van der Waals surface area contributed by atoms with Crippen molar-refractivity contribution >= 4 is 17.5 Å². The summed E-state index contributed by atoms with van der Waals surface area (Å²) >= 11 is 0. The fraction of sp³-hybridized carbons (Fsp3) is 0.333. The minimum absolute atomic E-state index is 0.0900. The SMILES string of the molecule is CNC(=O)N1C=C(c2ccc(C(=O)NCCO)cc2)c2cc(OC)c(OC)cc2CC1C. The van der Waals surface area contributed by atoms with Crippen LogP contribution in [0.4, 0.5) is 4.79 Å². The van der Waals surface area contributed by atoms with Crippen molar-refractivity contribution in [3.05, 3.63) is 64.9 Å². The minimum Gasteiger partial charge on any atom is -0.493 e. The summed E-state index contributed by atoms with van der Waals surface area (Å²) in [4.78, 5) is 26.5. The molecule has 3 rings (SSSR count). The molecule has 0 aromatic heterocycles. The van der Waals surface area contributed by atoms with Crippen molar-refractivity contribution in [3.8, 4) is 11.5 Å². The van der Waals surface area contributed by atoms with Gasteiger partial charge in [0.25, 0.3) is 5.91 Å². The van der Waals surface area contributed by atoms with Crippen molar-refractivity contribution in [2.45, 2.75) is 19.4 Å². The van der Waals surface area contributed by atoms with E-state index in [1.807, 2.05) is 37.4 Å². The highest BCUT2D eigenvalue weighted by atomic mass is 16.5. The van der Waals surface area contributed by atoms with Crippen LogP contribution in [-0.2, 0) is 6.42 Å². The molecule has 170 valence electrons. The Hall–Kier alpha value is -3.52. The molecule has 2 aromatic carbocycles. The number of aliphatic hydroxyl groups is 1. The number of carbonyl (C=O) groups excluding carboxylic acids is 2. The molecule has 8 nitrogen and oxygen atoms in total. The highest BCUT2D eigenvalue weighted by molar-refractivity contribution is 5.95. The maximum absolute atomic E-state index is 12.6. The average Bonchev–Trinajstić information content (AvgIpc) is 2.96. The summed E-state index contributed by atoms with van der Waals surface area (Å²) < 4.78 is 11.0. The van der Waals surface area contributed by atoms with Gasteiger partial charge in [-0.1, -0.05) is 12.1 Å². The maximum Gasteiger partial charge on any atom is 0.321 e. The topological polar surface area (TPSA) is 100 Å². The molecule has 1 unspecified atom stereocenters.